The third kappa shape index (κ3) is 3.46. The van der Waals surface area contributed by atoms with E-state index >= 15 is 0 Å². The van der Waals surface area contributed by atoms with E-state index in [1.165, 1.54) is 0 Å². The Morgan fingerprint density at radius 3 is 2.69 bits per heavy atom. The topological polar surface area (TPSA) is 66.8 Å². The van der Waals surface area contributed by atoms with Crippen molar-refractivity contribution in [1.29, 1.82) is 0 Å². The number of rotatable bonds is 6. The Hall–Kier alpha value is -0.610. The number of aliphatic hydroxyl groups excluding tert-OH is 2. The molecule has 0 aromatic heterocycles. The molecule has 0 spiro atoms. The summed E-state index contributed by atoms with van der Waals surface area (Å²) in [6, 6.07) is 0. The average Bonchev–Trinajstić information content (AvgIpc) is 2.67. The highest BCUT2D eigenvalue weighted by Gasteiger charge is 2.38. The van der Waals surface area contributed by atoms with Crippen LogP contribution in [0.4, 0.5) is 0 Å². The van der Waals surface area contributed by atoms with Crippen molar-refractivity contribution in [2.24, 2.45) is 11.8 Å². The SMILES string of the molecule is CC[C@H](C)CC[C@H](O)[C@@H]1C[C@H](CO)OC1=O. The van der Waals surface area contributed by atoms with Crippen LogP contribution in [0, 0.1) is 11.8 Å². The molecule has 1 aliphatic heterocycles. The lowest BCUT2D eigenvalue weighted by Crippen LogP contribution is -2.25. The Morgan fingerprint density at radius 2 is 2.19 bits per heavy atom. The van der Waals surface area contributed by atoms with Gasteiger partial charge in [0, 0.05) is 6.42 Å². The van der Waals surface area contributed by atoms with Gasteiger partial charge in [-0.1, -0.05) is 20.3 Å². The predicted octanol–water partition coefficient (Wildman–Crippen LogP) is 1.10. The molecule has 0 aromatic rings. The molecule has 0 bridgehead atoms. The van der Waals surface area contributed by atoms with E-state index in [-0.39, 0.29) is 12.6 Å². The van der Waals surface area contributed by atoms with Crippen LogP contribution in [-0.4, -0.2) is 35.0 Å². The van der Waals surface area contributed by atoms with Gasteiger partial charge >= 0.3 is 5.97 Å². The van der Waals surface area contributed by atoms with Crippen LogP contribution >= 0.6 is 0 Å². The van der Waals surface area contributed by atoms with E-state index in [9.17, 15) is 9.90 Å². The normalized spacial score (nSPS) is 28.9. The highest BCUT2D eigenvalue weighted by Crippen LogP contribution is 2.27. The molecule has 4 heteroatoms. The summed E-state index contributed by atoms with van der Waals surface area (Å²) in [6.07, 6.45) is 2.03. The van der Waals surface area contributed by atoms with Gasteiger partial charge in [-0.15, -0.1) is 0 Å². The lowest BCUT2D eigenvalue weighted by atomic mass is 9.92. The monoisotopic (exact) mass is 230 g/mol. The minimum Gasteiger partial charge on any atom is -0.460 e. The Balaban J connectivity index is 2.36. The van der Waals surface area contributed by atoms with E-state index in [1.807, 2.05) is 0 Å². The number of hydrogen-bond acceptors (Lipinski definition) is 4. The zero-order valence-electron chi connectivity index (χ0n) is 10.1. The molecule has 0 radical (unpaired) electrons. The second kappa shape index (κ2) is 6.21. The van der Waals surface area contributed by atoms with Crippen LogP contribution in [0.3, 0.4) is 0 Å². The lowest BCUT2D eigenvalue weighted by molar-refractivity contribution is -0.147. The molecule has 4 nitrogen and oxygen atoms in total. The molecule has 0 aromatic carbocycles. The third-order valence-electron chi connectivity index (χ3n) is 3.42. The molecule has 4 atom stereocenters. The van der Waals surface area contributed by atoms with Crippen LogP contribution in [0.15, 0.2) is 0 Å². The molecular formula is C12H22O4. The van der Waals surface area contributed by atoms with Crippen LogP contribution in [0.2, 0.25) is 0 Å². The maximum absolute atomic E-state index is 11.4. The van der Waals surface area contributed by atoms with Crippen molar-refractivity contribution in [1.82, 2.24) is 0 Å². The average molecular weight is 230 g/mol. The first kappa shape index (κ1) is 13.5. The number of carbonyl (C=O) groups is 1. The Kier molecular flexibility index (Phi) is 5.22. The molecule has 2 N–H and O–H groups in total. The first-order valence-electron chi connectivity index (χ1n) is 6.07. The summed E-state index contributed by atoms with van der Waals surface area (Å²) in [4.78, 5) is 11.4. The highest BCUT2D eigenvalue weighted by atomic mass is 16.6. The number of esters is 1. The van der Waals surface area contributed by atoms with Gasteiger partial charge < -0.3 is 14.9 Å². The quantitative estimate of drug-likeness (QED) is 0.670. The maximum Gasteiger partial charge on any atom is 0.312 e. The Labute approximate surface area is 96.6 Å². The van der Waals surface area contributed by atoms with Crippen molar-refractivity contribution in [2.45, 2.75) is 51.7 Å². The minimum absolute atomic E-state index is 0.152. The second-order valence-corrected chi connectivity index (χ2v) is 4.74. The zero-order chi connectivity index (χ0) is 12.1. The molecule has 1 rings (SSSR count). The summed E-state index contributed by atoms with van der Waals surface area (Å²) in [5.74, 6) is -0.238. The van der Waals surface area contributed by atoms with Gasteiger partial charge in [-0.3, -0.25) is 4.79 Å². The molecule has 1 fully saturated rings. The smallest absolute Gasteiger partial charge is 0.312 e. The van der Waals surface area contributed by atoms with E-state index in [2.05, 4.69) is 13.8 Å². The summed E-state index contributed by atoms with van der Waals surface area (Å²) in [5, 5.41) is 18.8. The molecule has 0 saturated carbocycles. The maximum atomic E-state index is 11.4. The van der Waals surface area contributed by atoms with Gasteiger partial charge in [0.25, 0.3) is 0 Å². The fourth-order valence-corrected chi connectivity index (χ4v) is 1.97. The van der Waals surface area contributed by atoms with E-state index < -0.39 is 18.1 Å². The van der Waals surface area contributed by atoms with Gasteiger partial charge in [0.15, 0.2) is 0 Å². The van der Waals surface area contributed by atoms with Crippen molar-refractivity contribution in [3.05, 3.63) is 0 Å². The fourth-order valence-electron chi connectivity index (χ4n) is 1.97. The van der Waals surface area contributed by atoms with Crippen molar-refractivity contribution < 1.29 is 19.7 Å². The fraction of sp³-hybridized carbons (Fsp3) is 0.917. The van der Waals surface area contributed by atoms with Crippen molar-refractivity contribution >= 4 is 5.97 Å². The van der Waals surface area contributed by atoms with E-state index in [4.69, 9.17) is 9.84 Å². The molecule has 1 aliphatic rings. The first-order chi connectivity index (χ1) is 7.58. The molecular weight excluding hydrogens is 208 g/mol. The van der Waals surface area contributed by atoms with Crippen molar-refractivity contribution in [3.8, 4) is 0 Å². The van der Waals surface area contributed by atoms with Crippen LogP contribution < -0.4 is 0 Å². The zero-order valence-corrected chi connectivity index (χ0v) is 10.1. The largest absolute Gasteiger partial charge is 0.460 e. The van der Waals surface area contributed by atoms with Crippen LogP contribution in [0.25, 0.3) is 0 Å². The molecule has 0 amide bonds. The third-order valence-corrected chi connectivity index (χ3v) is 3.42. The molecule has 1 heterocycles. The summed E-state index contributed by atoms with van der Waals surface area (Å²) in [5.41, 5.74) is 0. The van der Waals surface area contributed by atoms with Gasteiger partial charge in [-0.2, -0.15) is 0 Å². The molecule has 16 heavy (non-hydrogen) atoms. The Bertz CT molecular complexity index is 229. The van der Waals surface area contributed by atoms with E-state index in [1.54, 1.807) is 0 Å². The van der Waals surface area contributed by atoms with Gasteiger partial charge in [0.2, 0.25) is 0 Å². The molecule has 1 saturated heterocycles. The molecule has 0 aliphatic carbocycles. The number of hydrogen-bond donors (Lipinski definition) is 2. The minimum atomic E-state index is -0.627. The number of cyclic esters (lactones) is 1. The summed E-state index contributed by atoms with van der Waals surface area (Å²) < 4.78 is 4.93. The highest BCUT2D eigenvalue weighted by molar-refractivity contribution is 5.75. The predicted molar refractivity (Wildman–Crippen MR) is 59.8 cm³/mol. The van der Waals surface area contributed by atoms with Crippen LogP contribution in [0.1, 0.15) is 39.5 Å². The standard InChI is InChI=1S/C12H22O4/c1-3-8(2)4-5-11(14)10-6-9(7-13)16-12(10)15/h8-11,13-14H,3-7H2,1-2H3/t8-,9+,10-,11-/m0/s1. The van der Waals surface area contributed by atoms with E-state index in [0.717, 1.165) is 12.8 Å². The van der Waals surface area contributed by atoms with Gasteiger partial charge in [0.1, 0.15) is 6.10 Å². The van der Waals surface area contributed by atoms with Gasteiger partial charge in [0.05, 0.1) is 18.6 Å². The summed E-state index contributed by atoms with van der Waals surface area (Å²) in [7, 11) is 0. The molecule has 94 valence electrons. The second-order valence-electron chi connectivity index (χ2n) is 4.74. The Morgan fingerprint density at radius 1 is 1.50 bits per heavy atom. The summed E-state index contributed by atoms with van der Waals surface area (Å²) >= 11 is 0. The van der Waals surface area contributed by atoms with Crippen molar-refractivity contribution in [3.63, 3.8) is 0 Å². The van der Waals surface area contributed by atoms with Crippen LogP contribution in [-0.2, 0) is 9.53 Å². The number of ether oxygens (including phenoxy) is 1. The van der Waals surface area contributed by atoms with Crippen LogP contribution in [0.5, 0.6) is 0 Å². The van der Waals surface area contributed by atoms with E-state index in [0.29, 0.717) is 18.8 Å². The van der Waals surface area contributed by atoms with Crippen molar-refractivity contribution in [2.75, 3.05) is 6.61 Å². The van der Waals surface area contributed by atoms with Gasteiger partial charge in [-0.25, -0.2) is 0 Å². The molecule has 0 unspecified atom stereocenters. The summed E-state index contributed by atoms with van der Waals surface area (Å²) in [6.45, 7) is 4.10. The first-order valence-corrected chi connectivity index (χ1v) is 6.07. The van der Waals surface area contributed by atoms with Gasteiger partial charge in [-0.05, 0) is 18.8 Å². The lowest BCUT2D eigenvalue weighted by Gasteiger charge is -2.16. The number of aliphatic hydroxyl groups is 2. The number of carbonyl (C=O) groups excluding carboxylic acids is 1.